The van der Waals surface area contributed by atoms with Gasteiger partial charge in [-0.1, -0.05) is 18.2 Å². The summed E-state index contributed by atoms with van der Waals surface area (Å²) in [4.78, 5) is 10.7. The van der Waals surface area contributed by atoms with Crippen LogP contribution < -0.4 is 10.1 Å². The largest absolute Gasteiger partial charge is 0.268 e. The fourth-order valence-electron chi connectivity index (χ4n) is 3.50. The number of hydrogen-bond acceptors (Lipinski definition) is 6. The highest BCUT2D eigenvalue weighted by Crippen LogP contribution is 2.43. The normalized spacial score (nSPS) is 20.6. The molecule has 9 heteroatoms. The maximum absolute atomic E-state index is 6.35. The number of nitrogens with zero attached hydrogens (tertiary/aromatic N) is 8. The first kappa shape index (κ1) is 13.4. The number of aromatic nitrogens is 5. The highest BCUT2D eigenvalue weighted by molar-refractivity contribution is 6.29. The Kier molecular flexibility index (Phi) is 2.47. The summed E-state index contributed by atoms with van der Waals surface area (Å²) >= 11 is 6.35. The molecule has 124 valence electrons. The Bertz CT molecular complexity index is 1020. The number of para-hydroxylation sites is 1. The van der Waals surface area contributed by atoms with E-state index in [1.54, 1.807) is 17.3 Å². The Balaban J connectivity index is 1.50. The number of halogens is 1. The van der Waals surface area contributed by atoms with Crippen molar-refractivity contribution in [3.63, 3.8) is 0 Å². The zero-order valence-electron chi connectivity index (χ0n) is 13.1. The zero-order chi connectivity index (χ0) is 16.5. The van der Waals surface area contributed by atoms with Gasteiger partial charge in [0.2, 0.25) is 5.28 Å². The van der Waals surface area contributed by atoms with Gasteiger partial charge in [-0.2, -0.15) is 5.12 Å². The standard InChI is InChI=1S/C16H13ClN8/c17-16-18-7-14-24(16)13-4-2-1-3-11(13)15-19-9-23(25(14)15)22-8-12(20-21-22)10-5-6-10/h1-4,7-10,15H,5-6H2. The summed E-state index contributed by atoms with van der Waals surface area (Å²) in [7, 11) is 0. The SMILES string of the molecule is Clc1ncc2n1-c1ccccc1C1N=CN(n3cc(C4CC4)nn3)N21. The van der Waals surface area contributed by atoms with Crippen LogP contribution in [0.4, 0.5) is 5.82 Å². The van der Waals surface area contributed by atoms with E-state index in [-0.39, 0.29) is 6.17 Å². The van der Waals surface area contributed by atoms with E-state index in [0.717, 1.165) is 22.8 Å². The Hall–Kier alpha value is -2.87. The summed E-state index contributed by atoms with van der Waals surface area (Å²) in [5, 5.41) is 12.9. The van der Waals surface area contributed by atoms with Gasteiger partial charge in [-0.05, 0) is 35.7 Å². The molecule has 0 spiro atoms. The number of aliphatic imine (C=N–C) groups is 1. The Morgan fingerprint density at radius 3 is 2.92 bits per heavy atom. The van der Waals surface area contributed by atoms with Crippen molar-refractivity contribution in [3.05, 3.63) is 53.2 Å². The first-order chi connectivity index (χ1) is 12.3. The predicted molar refractivity (Wildman–Crippen MR) is 92.5 cm³/mol. The number of benzene rings is 1. The first-order valence-corrected chi connectivity index (χ1v) is 8.56. The number of imidazole rings is 1. The molecule has 0 bridgehead atoms. The molecule has 1 unspecified atom stereocenters. The molecule has 8 nitrogen and oxygen atoms in total. The molecule has 3 aromatic rings. The molecule has 1 fully saturated rings. The van der Waals surface area contributed by atoms with E-state index in [1.165, 1.54) is 12.8 Å². The number of rotatable bonds is 2. The molecule has 6 rings (SSSR count). The Morgan fingerprint density at radius 1 is 1.16 bits per heavy atom. The number of hydrazine groups is 1. The number of fused-ring (bicyclic) bond motifs is 6. The van der Waals surface area contributed by atoms with E-state index < -0.39 is 0 Å². The van der Waals surface area contributed by atoms with Gasteiger partial charge >= 0.3 is 0 Å². The maximum atomic E-state index is 6.35. The number of hydrogen-bond donors (Lipinski definition) is 0. The molecule has 3 aliphatic rings. The topological polar surface area (TPSA) is 67.4 Å². The highest BCUT2D eigenvalue weighted by atomic mass is 35.5. The molecule has 25 heavy (non-hydrogen) atoms. The van der Waals surface area contributed by atoms with E-state index in [9.17, 15) is 0 Å². The summed E-state index contributed by atoms with van der Waals surface area (Å²) in [5.41, 5.74) is 3.09. The van der Waals surface area contributed by atoms with Crippen LogP contribution in [0.1, 0.15) is 36.2 Å². The van der Waals surface area contributed by atoms with Crippen LogP contribution in [-0.4, -0.2) is 31.0 Å². The molecular formula is C16H13ClN8. The second kappa shape index (κ2) is 4.60. The van der Waals surface area contributed by atoms with Gasteiger partial charge in [-0.15, -0.1) is 9.89 Å². The summed E-state index contributed by atoms with van der Waals surface area (Å²) < 4.78 is 1.92. The lowest BCUT2D eigenvalue weighted by Crippen LogP contribution is -2.49. The molecule has 2 aliphatic heterocycles. The van der Waals surface area contributed by atoms with Crippen molar-refractivity contribution in [2.75, 3.05) is 10.1 Å². The van der Waals surface area contributed by atoms with Crippen molar-refractivity contribution in [1.29, 1.82) is 0 Å². The molecule has 1 atom stereocenters. The lowest BCUT2D eigenvalue weighted by atomic mass is 10.1. The van der Waals surface area contributed by atoms with Crippen LogP contribution in [0.2, 0.25) is 5.28 Å². The molecule has 1 aromatic carbocycles. The van der Waals surface area contributed by atoms with E-state index in [1.807, 2.05) is 39.1 Å². The zero-order valence-corrected chi connectivity index (χ0v) is 13.8. The lowest BCUT2D eigenvalue weighted by Gasteiger charge is -2.36. The smallest absolute Gasteiger partial charge is 0.209 e. The Labute approximate surface area is 147 Å². The third-order valence-corrected chi connectivity index (χ3v) is 5.13. The summed E-state index contributed by atoms with van der Waals surface area (Å²) in [6.45, 7) is 0. The fraction of sp³-hybridized carbons (Fsp3) is 0.250. The van der Waals surface area contributed by atoms with Gasteiger partial charge in [-0.3, -0.25) is 4.57 Å². The average molecular weight is 353 g/mol. The van der Waals surface area contributed by atoms with Gasteiger partial charge in [-0.25, -0.2) is 15.0 Å². The first-order valence-electron chi connectivity index (χ1n) is 8.18. The minimum absolute atomic E-state index is 0.176. The molecule has 2 aromatic heterocycles. The monoisotopic (exact) mass is 352 g/mol. The quantitative estimate of drug-likeness (QED) is 0.708. The van der Waals surface area contributed by atoms with Crippen LogP contribution in [0.5, 0.6) is 0 Å². The molecule has 1 aliphatic carbocycles. The van der Waals surface area contributed by atoms with Crippen molar-refractivity contribution in [2.45, 2.75) is 24.9 Å². The summed E-state index contributed by atoms with van der Waals surface area (Å²) in [5.74, 6) is 1.39. The molecule has 0 amide bonds. The van der Waals surface area contributed by atoms with Gasteiger partial charge in [0.1, 0.15) is 6.34 Å². The van der Waals surface area contributed by atoms with Crippen LogP contribution in [0.3, 0.4) is 0 Å². The molecule has 0 N–H and O–H groups in total. The van der Waals surface area contributed by atoms with E-state index in [0.29, 0.717) is 11.2 Å². The molecular weight excluding hydrogens is 340 g/mol. The van der Waals surface area contributed by atoms with Crippen LogP contribution >= 0.6 is 11.6 Å². The van der Waals surface area contributed by atoms with Crippen molar-refractivity contribution < 1.29 is 0 Å². The van der Waals surface area contributed by atoms with E-state index in [4.69, 9.17) is 11.6 Å². The van der Waals surface area contributed by atoms with Gasteiger partial charge < -0.3 is 0 Å². The summed E-state index contributed by atoms with van der Waals surface area (Å²) in [6, 6.07) is 8.09. The van der Waals surface area contributed by atoms with Crippen molar-refractivity contribution in [1.82, 2.24) is 24.7 Å². The highest BCUT2D eigenvalue weighted by Gasteiger charge is 2.40. The second-order valence-corrected chi connectivity index (χ2v) is 6.76. The third-order valence-electron chi connectivity index (χ3n) is 4.86. The molecule has 1 saturated carbocycles. The minimum Gasteiger partial charge on any atom is -0.268 e. The van der Waals surface area contributed by atoms with Crippen LogP contribution in [0.15, 0.2) is 41.7 Å². The van der Waals surface area contributed by atoms with Gasteiger partial charge in [0, 0.05) is 11.5 Å². The average Bonchev–Trinajstić information content (AvgIpc) is 3.06. The van der Waals surface area contributed by atoms with Gasteiger partial charge in [0.05, 0.1) is 23.8 Å². The number of anilines is 1. The van der Waals surface area contributed by atoms with E-state index >= 15 is 0 Å². The molecule has 0 radical (unpaired) electrons. The van der Waals surface area contributed by atoms with Crippen LogP contribution in [-0.2, 0) is 0 Å². The maximum Gasteiger partial charge on any atom is 0.209 e. The van der Waals surface area contributed by atoms with Crippen molar-refractivity contribution in [2.24, 2.45) is 4.99 Å². The molecule has 0 saturated heterocycles. The fourth-order valence-corrected chi connectivity index (χ4v) is 3.72. The Morgan fingerprint density at radius 2 is 2.04 bits per heavy atom. The van der Waals surface area contributed by atoms with Crippen molar-refractivity contribution in [3.8, 4) is 5.69 Å². The van der Waals surface area contributed by atoms with Crippen LogP contribution in [0.25, 0.3) is 5.69 Å². The second-order valence-electron chi connectivity index (χ2n) is 6.42. The van der Waals surface area contributed by atoms with Crippen molar-refractivity contribution >= 4 is 23.8 Å². The minimum atomic E-state index is -0.176. The lowest BCUT2D eigenvalue weighted by molar-refractivity contribution is 0.541. The van der Waals surface area contributed by atoms with Gasteiger partial charge in [0.25, 0.3) is 0 Å². The van der Waals surface area contributed by atoms with Gasteiger partial charge in [0.15, 0.2) is 12.0 Å². The predicted octanol–water partition coefficient (Wildman–Crippen LogP) is 2.41. The third kappa shape index (κ3) is 1.77. The molecule has 4 heterocycles. The van der Waals surface area contributed by atoms with Crippen LogP contribution in [0, 0.1) is 0 Å². The van der Waals surface area contributed by atoms with E-state index in [2.05, 4.69) is 26.4 Å². The summed E-state index contributed by atoms with van der Waals surface area (Å²) in [6.07, 6.45) is 7.69.